The molecule has 2 fully saturated rings. The Morgan fingerprint density at radius 1 is 1.44 bits per heavy atom. The maximum absolute atomic E-state index is 6.15. The molecule has 0 aromatic heterocycles. The van der Waals surface area contributed by atoms with E-state index in [1.54, 1.807) is 0 Å². The second-order valence-electron chi connectivity index (χ2n) is 5.82. The van der Waals surface area contributed by atoms with Crippen LogP contribution in [0.5, 0.6) is 0 Å². The van der Waals surface area contributed by atoms with Crippen LogP contribution in [0.25, 0.3) is 0 Å². The molecule has 2 rings (SSSR count). The zero-order valence-electron chi connectivity index (χ0n) is 10.7. The van der Waals surface area contributed by atoms with Crippen LogP contribution in [0.3, 0.4) is 0 Å². The van der Waals surface area contributed by atoms with Crippen LogP contribution in [0.4, 0.5) is 0 Å². The van der Waals surface area contributed by atoms with Crippen LogP contribution >= 0.6 is 0 Å². The Kier molecular flexibility index (Phi) is 3.88. The van der Waals surface area contributed by atoms with E-state index in [0.29, 0.717) is 6.10 Å². The number of hydrogen-bond acceptors (Lipinski definition) is 3. The van der Waals surface area contributed by atoms with Crippen LogP contribution in [0.1, 0.15) is 39.5 Å². The van der Waals surface area contributed by atoms with Gasteiger partial charge in [0.25, 0.3) is 0 Å². The van der Waals surface area contributed by atoms with Gasteiger partial charge in [-0.3, -0.25) is 0 Å². The van der Waals surface area contributed by atoms with Crippen molar-refractivity contribution in [2.24, 2.45) is 11.7 Å². The van der Waals surface area contributed by atoms with Crippen LogP contribution in [0.15, 0.2) is 0 Å². The summed E-state index contributed by atoms with van der Waals surface area (Å²) in [5, 5.41) is 0. The molecule has 2 saturated heterocycles. The van der Waals surface area contributed by atoms with E-state index in [4.69, 9.17) is 10.5 Å². The van der Waals surface area contributed by atoms with E-state index in [1.165, 1.54) is 19.4 Å². The molecule has 2 atom stereocenters. The molecule has 0 aromatic carbocycles. The highest BCUT2D eigenvalue weighted by Crippen LogP contribution is 2.26. The summed E-state index contributed by atoms with van der Waals surface area (Å²) in [7, 11) is 0. The molecular weight excluding hydrogens is 200 g/mol. The van der Waals surface area contributed by atoms with E-state index in [0.717, 1.165) is 38.5 Å². The molecule has 3 heteroatoms. The van der Waals surface area contributed by atoms with Crippen molar-refractivity contribution in [2.45, 2.75) is 51.2 Å². The number of piperidine rings is 1. The smallest absolute Gasteiger partial charge is 0.0637 e. The fourth-order valence-corrected chi connectivity index (χ4v) is 2.71. The number of nitrogens with two attached hydrogens (primary N) is 1. The largest absolute Gasteiger partial charge is 0.378 e. The zero-order valence-corrected chi connectivity index (χ0v) is 10.7. The molecular formula is C13H26N2O. The van der Waals surface area contributed by atoms with Gasteiger partial charge in [-0.1, -0.05) is 6.92 Å². The third-order valence-corrected chi connectivity index (χ3v) is 4.28. The second-order valence-corrected chi connectivity index (χ2v) is 5.82. The van der Waals surface area contributed by atoms with Crippen molar-refractivity contribution in [3.05, 3.63) is 0 Å². The van der Waals surface area contributed by atoms with E-state index in [2.05, 4.69) is 18.7 Å². The Morgan fingerprint density at radius 2 is 2.06 bits per heavy atom. The van der Waals surface area contributed by atoms with Gasteiger partial charge < -0.3 is 15.4 Å². The number of likely N-dealkylation sites (tertiary alicyclic amines) is 1. The molecule has 0 aliphatic carbocycles. The van der Waals surface area contributed by atoms with Gasteiger partial charge in [0, 0.05) is 18.7 Å². The minimum Gasteiger partial charge on any atom is -0.378 e. The topological polar surface area (TPSA) is 38.5 Å². The lowest BCUT2D eigenvalue weighted by Crippen LogP contribution is -2.50. The first-order valence-electron chi connectivity index (χ1n) is 6.73. The predicted octanol–water partition coefficient (Wildman–Crippen LogP) is 1.61. The third kappa shape index (κ3) is 2.96. The molecule has 0 amide bonds. The highest BCUT2D eigenvalue weighted by atomic mass is 16.5. The van der Waals surface area contributed by atoms with Gasteiger partial charge in [0.15, 0.2) is 0 Å². The number of ether oxygens (including phenoxy) is 1. The monoisotopic (exact) mass is 226 g/mol. The van der Waals surface area contributed by atoms with Gasteiger partial charge in [-0.05, 0) is 51.6 Å². The highest BCUT2D eigenvalue weighted by molar-refractivity contribution is 4.87. The summed E-state index contributed by atoms with van der Waals surface area (Å²) >= 11 is 0. The first kappa shape index (κ1) is 12.3. The third-order valence-electron chi connectivity index (χ3n) is 4.28. The number of rotatable bonds is 4. The van der Waals surface area contributed by atoms with Crippen molar-refractivity contribution in [3.63, 3.8) is 0 Å². The van der Waals surface area contributed by atoms with E-state index in [-0.39, 0.29) is 5.54 Å². The number of nitrogens with zero attached hydrogens (tertiary/aromatic N) is 1. The molecule has 0 saturated carbocycles. The summed E-state index contributed by atoms with van der Waals surface area (Å²) in [4.78, 5) is 2.57. The molecule has 0 aromatic rings. The summed E-state index contributed by atoms with van der Waals surface area (Å²) in [6.45, 7) is 8.96. The quantitative estimate of drug-likeness (QED) is 0.791. The summed E-state index contributed by atoms with van der Waals surface area (Å²) in [6.07, 6.45) is 5.31. The van der Waals surface area contributed by atoms with Gasteiger partial charge in [0.05, 0.1) is 6.10 Å². The molecule has 94 valence electrons. The fourth-order valence-electron chi connectivity index (χ4n) is 2.71. The van der Waals surface area contributed by atoms with Crippen LogP contribution in [-0.4, -0.2) is 42.8 Å². The normalized spacial score (nSPS) is 32.1. The fraction of sp³-hybridized carbons (Fsp3) is 1.00. The Bertz CT molecular complexity index is 216. The maximum atomic E-state index is 6.15. The van der Waals surface area contributed by atoms with Gasteiger partial charge in [-0.2, -0.15) is 0 Å². The zero-order chi connectivity index (χ0) is 11.6. The maximum Gasteiger partial charge on any atom is 0.0637 e. The molecule has 2 unspecified atom stereocenters. The summed E-state index contributed by atoms with van der Waals surface area (Å²) < 4.78 is 5.61. The van der Waals surface area contributed by atoms with Gasteiger partial charge >= 0.3 is 0 Å². The predicted molar refractivity (Wildman–Crippen MR) is 66.4 cm³/mol. The number of hydrogen-bond donors (Lipinski definition) is 1. The molecule has 0 spiro atoms. The van der Waals surface area contributed by atoms with Gasteiger partial charge in [0.1, 0.15) is 0 Å². The SMILES string of the molecule is CCC(CN1CCC(C)(N)CC1)C1CCO1. The Balaban J connectivity index is 1.76. The lowest BCUT2D eigenvalue weighted by molar-refractivity contribution is -0.0926. The Morgan fingerprint density at radius 3 is 2.50 bits per heavy atom. The molecule has 2 aliphatic heterocycles. The first-order valence-corrected chi connectivity index (χ1v) is 6.73. The van der Waals surface area contributed by atoms with Crippen LogP contribution in [0, 0.1) is 5.92 Å². The minimum atomic E-state index is 0.0746. The van der Waals surface area contributed by atoms with Crippen molar-refractivity contribution in [2.75, 3.05) is 26.2 Å². The Hall–Kier alpha value is -0.120. The molecule has 3 nitrogen and oxygen atoms in total. The molecule has 2 aliphatic rings. The summed E-state index contributed by atoms with van der Waals surface area (Å²) in [5.41, 5.74) is 6.22. The van der Waals surface area contributed by atoms with E-state index >= 15 is 0 Å². The van der Waals surface area contributed by atoms with E-state index in [9.17, 15) is 0 Å². The summed E-state index contributed by atoms with van der Waals surface area (Å²) in [5.74, 6) is 0.732. The van der Waals surface area contributed by atoms with Crippen molar-refractivity contribution >= 4 is 0 Å². The van der Waals surface area contributed by atoms with E-state index in [1.807, 2.05) is 0 Å². The van der Waals surface area contributed by atoms with Gasteiger partial charge in [-0.25, -0.2) is 0 Å². The van der Waals surface area contributed by atoms with Crippen molar-refractivity contribution in [1.82, 2.24) is 4.90 Å². The average molecular weight is 226 g/mol. The van der Waals surface area contributed by atoms with Gasteiger partial charge in [0.2, 0.25) is 0 Å². The van der Waals surface area contributed by atoms with Crippen molar-refractivity contribution in [3.8, 4) is 0 Å². The summed E-state index contributed by atoms with van der Waals surface area (Å²) in [6, 6.07) is 0. The van der Waals surface area contributed by atoms with Crippen LogP contribution in [0.2, 0.25) is 0 Å². The van der Waals surface area contributed by atoms with Crippen LogP contribution in [-0.2, 0) is 4.74 Å². The van der Waals surface area contributed by atoms with E-state index < -0.39 is 0 Å². The first-order chi connectivity index (χ1) is 7.61. The minimum absolute atomic E-state index is 0.0746. The molecule has 2 heterocycles. The average Bonchev–Trinajstić information content (AvgIpc) is 2.17. The van der Waals surface area contributed by atoms with Gasteiger partial charge in [-0.15, -0.1) is 0 Å². The van der Waals surface area contributed by atoms with Crippen molar-refractivity contribution < 1.29 is 4.74 Å². The standard InChI is InChI=1S/C13H26N2O/c1-3-11(12-4-9-16-12)10-15-7-5-13(2,14)6-8-15/h11-12H,3-10,14H2,1-2H3. The second kappa shape index (κ2) is 5.03. The molecule has 16 heavy (non-hydrogen) atoms. The molecule has 0 bridgehead atoms. The molecule has 2 N–H and O–H groups in total. The Labute approximate surface area is 99.3 Å². The van der Waals surface area contributed by atoms with Crippen molar-refractivity contribution in [1.29, 1.82) is 0 Å². The lowest BCUT2D eigenvalue weighted by Gasteiger charge is -2.41. The van der Waals surface area contributed by atoms with Crippen LogP contribution < -0.4 is 5.73 Å². The highest BCUT2D eigenvalue weighted by Gasteiger charge is 2.31. The molecule has 0 radical (unpaired) electrons. The lowest BCUT2D eigenvalue weighted by atomic mass is 9.88.